The first kappa shape index (κ1) is 37.1. The standard InChI is InChI=1S/C28H39N3O13S/c1-16(32)40-14-20-22(42-17(2)33)23(43-18(3)34)21(30-27(37)41-13-19-11-9-8-10-12-19)24(44-20)45-28(4,15-29-26(36)38-6)25(35)31(5)39-7/h8-12,20-24H,13-15H2,1-7H3,(H,29,36)(H,30,37)/t20?,21?,22?,23?,24?,28-/m0/s1. The van der Waals surface area contributed by atoms with Crippen molar-refractivity contribution in [1.29, 1.82) is 0 Å². The Bertz CT molecular complexity index is 1200. The van der Waals surface area contributed by atoms with Crippen molar-refractivity contribution in [3.8, 4) is 0 Å². The van der Waals surface area contributed by atoms with Crippen LogP contribution in [0.5, 0.6) is 0 Å². The third kappa shape index (κ3) is 11.4. The van der Waals surface area contributed by atoms with Gasteiger partial charge in [-0.05, 0) is 12.5 Å². The summed E-state index contributed by atoms with van der Waals surface area (Å²) in [5.74, 6) is -2.90. The molecular weight excluding hydrogens is 618 g/mol. The van der Waals surface area contributed by atoms with Crippen LogP contribution in [0.4, 0.5) is 9.59 Å². The number of carbonyl (C=O) groups excluding carboxylic acids is 6. The van der Waals surface area contributed by atoms with Crippen molar-refractivity contribution < 1.29 is 62.0 Å². The van der Waals surface area contributed by atoms with Gasteiger partial charge in [0.1, 0.15) is 35.5 Å². The Morgan fingerprint density at radius 3 is 2.09 bits per heavy atom. The molecule has 16 nitrogen and oxygen atoms in total. The van der Waals surface area contributed by atoms with Gasteiger partial charge in [-0.2, -0.15) is 0 Å². The van der Waals surface area contributed by atoms with E-state index in [1.807, 2.05) is 0 Å². The van der Waals surface area contributed by atoms with Crippen LogP contribution >= 0.6 is 11.8 Å². The molecule has 0 bridgehead atoms. The highest BCUT2D eigenvalue weighted by molar-refractivity contribution is 8.01. The van der Waals surface area contributed by atoms with E-state index in [-0.39, 0.29) is 13.2 Å². The van der Waals surface area contributed by atoms with Crippen LogP contribution in [0.3, 0.4) is 0 Å². The van der Waals surface area contributed by atoms with Gasteiger partial charge in [0.2, 0.25) is 0 Å². The third-order valence-electron chi connectivity index (χ3n) is 6.34. The van der Waals surface area contributed by atoms with Crippen LogP contribution < -0.4 is 10.6 Å². The van der Waals surface area contributed by atoms with E-state index < -0.39 is 77.1 Å². The number of ether oxygens (including phenoxy) is 6. The largest absolute Gasteiger partial charge is 0.463 e. The van der Waals surface area contributed by atoms with E-state index in [1.165, 1.54) is 21.1 Å². The first-order valence-corrected chi connectivity index (χ1v) is 14.5. The number of carbonyl (C=O) groups is 6. The maximum atomic E-state index is 13.5. The molecule has 0 saturated carbocycles. The second-order valence-corrected chi connectivity index (χ2v) is 11.5. The highest BCUT2D eigenvalue weighted by atomic mass is 32.2. The van der Waals surface area contributed by atoms with Gasteiger partial charge in [-0.3, -0.25) is 24.0 Å². The van der Waals surface area contributed by atoms with Crippen molar-refractivity contribution in [2.24, 2.45) is 0 Å². The first-order chi connectivity index (χ1) is 21.2. The van der Waals surface area contributed by atoms with Crippen LogP contribution in [-0.2, 0) is 59.0 Å². The summed E-state index contributed by atoms with van der Waals surface area (Å²) in [4.78, 5) is 79.8. The lowest BCUT2D eigenvalue weighted by molar-refractivity contribution is -0.211. The second-order valence-electron chi connectivity index (χ2n) is 9.90. The van der Waals surface area contributed by atoms with Crippen molar-refractivity contribution in [2.45, 2.75) is 68.8 Å². The van der Waals surface area contributed by atoms with E-state index in [9.17, 15) is 28.8 Å². The Hall–Kier alpha value is -4.09. The highest BCUT2D eigenvalue weighted by Gasteiger charge is 2.54. The van der Waals surface area contributed by atoms with Crippen LogP contribution in [0.2, 0.25) is 0 Å². The van der Waals surface area contributed by atoms with E-state index in [0.29, 0.717) is 5.56 Å². The summed E-state index contributed by atoms with van der Waals surface area (Å²) in [6.45, 7) is 3.96. The maximum absolute atomic E-state index is 13.5. The summed E-state index contributed by atoms with van der Waals surface area (Å²) in [5.41, 5.74) is -0.589. The van der Waals surface area contributed by atoms with E-state index in [4.69, 9.17) is 28.5 Å². The van der Waals surface area contributed by atoms with Crippen LogP contribution in [0.15, 0.2) is 30.3 Å². The van der Waals surface area contributed by atoms with Crippen molar-refractivity contribution >= 4 is 47.8 Å². The van der Waals surface area contributed by atoms with Crippen molar-refractivity contribution in [1.82, 2.24) is 15.7 Å². The van der Waals surface area contributed by atoms with E-state index in [0.717, 1.165) is 44.7 Å². The zero-order valence-corrected chi connectivity index (χ0v) is 26.9. The van der Waals surface area contributed by atoms with Gasteiger partial charge in [0, 0.05) is 34.4 Å². The predicted molar refractivity (Wildman–Crippen MR) is 156 cm³/mol. The monoisotopic (exact) mass is 657 g/mol. The molecule has 2 rings (SSSR count). The quantitative estimate of drug-likeness (QED) is 0.175. The van der Waals surface area contributed by atoms with Gasteiger partial charge in [0.05, 0.1) is 14.2 Å². The lowest BCUT2D eigenvalue weighted by Crippen LogP contribution is -2.66. The normalized spacial score (nSPS) is 22.1. The number of hydroxylamine groups is 2. The van der Waals surface area contributed by atoms with E-state index in [1.54, 1.807) is 30.3 Å². The summed E-state index contributed by atoms with van der Waals surface area (Å²) in [7, 11) is 3.75. The molecule has 1 saturated heterocycles. The summed E-state index contributed by atoms with van der Waals surface area (Å²) < 4.78 is 30.9. The molecule has 45 heavy (non-hydrogen) atoms. The molecule has 0 aromatic heterocycles. The molecule has 1 aromatic carbocycles. The SMILES string of the molecule is COC(=O)NC[C@](C)(SC1OC(COC(C)=O)C(OC(C)=O)C(OC(C)=O)C1NC(=O)OCc1ccccc1)C(=O)N(C)OC. The van der Waals surface area contributed by atoms with Crippen molar-refractivity contribution in [3.05, 3.63) is 35.9 Å². The molecule has 3 amide bonds. The maximum Gasteiger partial charge on any atom is 0.407 e. The van der Waals surface area contributed by atoms with Crippen LogP contribution in [0, 0.1) is 0 Å². The molecular formula is C28H39N3O13S. The number of methoxy groups -OCH3 is 1. The highest BCUT2D eigenvalue weighted by Crippen LogP contribution is 2.39. The van der Waals surface area contributed by atoms with Crippen LogP contribution in [0.25, 0.3) is 0 Å². The minimum Gasteiger partial charge on any atom is -0.463 e. The average molecular weight is 658 g/mol. The van der Waals surface area contributed by atoms with Crippen molar-refractivity contribution in [3.63, 3.8) is 0 Å². The van der Waals surface area contributed by atoms with Gasteiger partial charge in [-0.1, -0.05) is 30.3 Å². The molecule has 1 aliphatic heterocycles. The van der Waals surface area contributed by atoms with E-state index in [2.05, 4.69) is 15.4 Å². The summed E-state index contributed by atoms with van der Waals surface area (Å²) in [6.07, 6.45) is -5.82. The molecule has 1 heterocycles. The lowest BCUT2D eigenvalue weighted by Gasteiger charge is -2.46. The van der Waals surface area contributed by atoms with Gasteiger partial charge >= 0.3 is 30.1 Å². The molecule has 0 radical (unpaired) electrons. The number of esters is 3. The molecule has 1 aromatic rings. The molecule has 5 unspecified atom stereocenters. The number of thioether (sulfide) groups is 1. The van der Waals surface area contributed by atoms with E-state index >= 15 is 0 Å². The summed E-state index contributed by atoms with van der Waals surface area (Å²) in [6, 6.07) is 7.48. The second kappa shape index (κ2) is 17.4. The fourth-order valence-corrected chi connectivity index (χ4v) is 5.68. The van der Waals surface area contributed by atoms with Crippen LogP contribution in [-0.4, -0.2) is 110 Å². The van der Waals surface area contributed by atoms with Crippen molar-refractivity contribution in [2.75, 3.05) is 34.4 Å². The molecule has 1 fully saturated rings. The summed E-state index contributed by atoms with van der Waals surface area (Å²) in [5, 5.41) is 6.01. The fourth-order valence-electron chi connectivity index (χ4n) is 4.21. The number of nitrogens with one attached hydrogen (secondary N) is 2. The zero-order chi connectivity index (χ0) is 33.7. The first-order valence-electron chi connectivity index (χ1n) is 13.6. The third-order valence-corrected chi connectivity index (χ3v) is 7.82. The topological polar surface area (TPSA) is 194 Å². The minimum atomic E-state index is -1.57. The molecule has 0 aliphatic carbocycles. The Morgan fingerprint density at radius 1 is 0.911 bits per heavy atom. The molecule has 6 atom stereocenters. The predicted octanol–water partition coefficient (Wildman–Crippen LogP) is 1.30. The Morgan fingerprint density at radius 2 is 1.53 bits per heavy atom. The Balaban J connectivity index is 2.58. The number of nitrogens with zero attached hydrogens (tertiary/aromatic N) is 1. The van der Waals surface area contributed by atoms with Gasteiger partial charge < -0.3 is 39.1 Å². The number of amides is 3. The number of alkyl carbamates (subject to hydrolysis) is 2. The van der Waals surface area contributed by atoms with Gasteiger partial charge in [-0.25, -0.2) is 14.7 Å². The Labute approximate surface area is 264 Å². The van der Waals surface area contributed by atoms with Gasteiger partial charge in [0.25, 0.3) is 5.91 Å². The molecule has 0 spiro atoms. The molecule has 1 aliphatic rings. The van der Waals surface area contributed by atoms with Gasteiger partial charge in [0.15, 0.2) is 12.2 Å². The number of rotatable bonds is 13. The zero-order valence-electron chi connectivity index (χ0n) is 26.1. The van der Waals surface area contributed by atoms with Gasteiger partial charge in [-0.15, -0.1) is 11.8 Å². The molecule has 2 N–H and O–H groups in total. The summed E-state index contributed by atoms with van der Waals surface area (Å²) >= 11 is 0.820. The Kier molecular flexibility index (Phi) is 14.4. The fraction of sp³-hybridized carbons (Fsp3) is 0.571. The minimum absolute atomic E-state index is 0.114. The number of hydrogen-bond acceptors (Lipinski definition) is 14. The lowest BCUT2D eigenvalue weighted by atomic mass is 9.97. The average Bonchev–Trinajstić information content (AvgIpc) is 2.99. The molecule has 250 valence electrons. The van der Waals surface area contributed by atoms with Crippen LogP contribution in [0.1, 0.15) is 33.3 Å². The number of hydrogen-bond donors (Lipinski definition) is 2. The molecule has 17 heteroatoms. The smallest absolute Gasteiger partial charge is 0.407 e. The number of benzene rings is 1.